The number of rotatable bonds is 5. The average Bonchev–Trinajstić information content (AvgIpc) is 2.91. The van der Waals surface area contributed by atoms with Gasteiger partial charge in [-0.1, -0.05) is 18.8 Å². The van der Waals surface area contributed by atoms with Crippen molar-refractivity contribution in [3.8, 4) is 11.8 Å². The minimum atomic E-state index is -0.582. The number of carbonyl (C=O) groups is 2. The summed E-state index contributed by atoms with van der Waals surface area (Å²) in [6.45, 7) is 3.98. The highest BCUT2D eigenvalue weighted by Crippen LogP contribution is 2.13. The van der Waals surface area contributed by atoms with E-state index in [1.54, 1.807) is 18.4 Å². The quantitative estimate of drug-likeness (QED) is 0.701. The van der Waals surface area contributed by atoms with Gasteiger partial charge in [-0.15, -0.1) is 11.3 Å². The largest absolute Gasteiger partial charge is 0.384 e. The highest BCUT2D eigenvalue weighted by Gasteiger charge is 2.16. The van der Waals surface area contributed by atoms with E-state index in [1.807, 2.05) is 6.92 Å². The van der Waals surface area contributed by atoms with E-state index >= 15 is 0 Å². The van der Waals surface area contributed by atoms with Crippen molar-refractivity contribution in [1.82, 2.24) is 10.6 Å². The highest BCUT2D eigenvalue weighted by atomic mass is 32.1. The molecule has 0 radical (unpaired) electrons. The van der Waals surface area contributed by atoms with Crippen LogP contribution in [0.2, 0.25) is 0 Å². The zero-order chi connectivity index (χ0) is 15.0. The van der Waals surface area contributed by atoms with Crippen LogP contribution in [0.5, 0.6) is 0 Å². The van der Waals surface area contributed by atoms with Gasteiger partial charge in [-0.3, -0.25) is 9.59 Å². The van der Waals surface area contributed by atoms with Crippen LogP contribution in [0.15, 0.2) is 11.4 Å². The maximum Gasteiger partial charge on any atom is 0.252 e. The second-order valence-corrected chi connectivity index (χ2v) is 5.06. The first-order valence-corrected chi connectivity index (χ1v) is 7.23. The van der Waals surface area contributed by atoms with E-state index in [9.17, 15) is 9.59 Å². The molecule has 1 unspecified atom stereocenters. The molecule has 20 heavy (non-hydrogen) atoms. The van der Waals surface area contributed by atoms with E-state index in [0.717, 1.165) is 6.42 Å². The fraction of sp³-hybridized carbons (Fsp3) is 0.429. The smallest absolute Gasteiger partial charge is 0.252 e. The van der Waals surface area contributed by atoms with E-state index in [2.05, 4.69) is 22.5 Å². The molecule has 1 atom stereocenters. The summed E-state index contributed by atoms with van der Waals surface area (Å²) < 4.78 is 0. The van der Waals surface area contributed by atoms with Crippen molar-refractivity contribution in [2.45, 2.75) is 26.3 Å². The summed E-state index contributed by atoms with van der Waals surface area (Å²) >= 11 is 1.32. The Morgan fingerprint density at radius 1 is 1.50 bits per heavy atom. The van der Waals surface area contributed by atoms with Crippen LogP contribution in [-0.2, 0) is 4.79 Å². The van der Waals surface area contributed by atoms with Gasteiger partial charge in [0.25, 0.3) is 5.91 Å². The minimum Gasteiger partial charge on any atom is -0.384 e. The molecule has 0 saturated heterocycles. The van der Waals surface area contributed by atoms with Gasteiger partial charge in [-0.2, -0.15) is 0 Å². The van der Waals surface area contributed by atoms with Crippen LogP contribution >= 0.6 is 11.3 Å². The normalized spacial score (nSPS) is 11.2. The van der Waals surface area contributed by atoms with Crippen LogP contribution < -0.4 is 10.6 Å². The van der Waals surface area contributed by atoms with E-state index in [-0.39, 0.29) is 18.4 Å². The third-order valence-electron chi connectivity index (χ3n) is 2.44. The van der Waals surface area contributed by atoms with Crippen molar-refractivity contribution in [3.63, 3.8) is 0 Å². The van der Waals surface area contributed by atoms with Crippen molar-refractivity contribution in [2.24, 2.45) is 0 Å². The molecule has 1 heterocycles. The molecule has 5 nitrogen and oxygen atoms in total. The predicted molar refractivity (Wildman–Crippen MR) is 78.5 cm³/mol. The zero-order valence-electron chi connectivity index (χ0n) is 11.5. The Bertz CT molecular complexity index is 528. The summed E-state index contributed by atoms with van der Waals surface area (Å²) in [7, 11) is 0. The molecule has 1 rings (SSSR count). The first-order valence-electron chi connectivity index (χ1n) is 6.35. The van der Waals surface area contributed by atoms with Crippen LogP contribution in [0.3, 0.4) is 0 Å². The standard InChI is InChI=1S/C14H18N2O3S/c1-3-6-15-13(18)10(2)16-14(19)11-8-12(20-9-11)5-4-7-17/h8-10,17H,3,6-7H2,1-2H3,(H,15,18)(H,16,19). The van der Waals surface area contributed by atoms with Gasteiger partial charge in [-0.25, -0.2) is 0 Å². The molecule has 1 aromatic heterocycles. The van der Waals surface area contributed by atoms with Crippen LogP contribution in [0.1, 0.15) is 35.5 Å². The number of nitrogens with one attached hydrogen (secondary N) is 2. The summed E-state index contributed by atoms with van der Waals surface area (Å²) in [6.07, 6.45) is 0.851. The molecule has 108 valence electrons. The van der Waals surface area contributed by atoms with Gasteiger partial charge < -0.3 is 15.7 Å². The molecule has 0 aliphatic rings. The van der Waals surface area contributed by atoms with E-state index in [1.165, 1.54) is 11.3 Å². The lowest BCUT2D eigenvalue weighted by Crippen LogP contribution is -2.44. The number of thiophene rings is 1. The van der Waals surface area contributed by atoms with Crippen LogP contribution in [0.4, 0.5) is 0 Å². The van der Waals surface area contributed by atoms with E-state index < -0.39 is 6.04 Å². The lowest BCUT2D eigenvalue weighted by Gasteiger charge is -2.13. The number of hydrogen-bond donors (Lipinski definition) is 3. The van der Waals surface area contributed by atoms with Gasteiger partial charge >= 0.3 is 0 Å². The Morgan fingerprint density at radius 3 is 2.90 bits per heavy atom. The fourth-order valence-electron chi connectivity index (χ4n) is 1.39. The molecule has 0 spiro atoms. The summed E-state index contributed by atoms with van der Waals surface area (Å²) in [4.78, 5) is 24.3. The number of aliphatic hydroxyl groups excluding tert-OH is 1. The van der Waals surface area contributed by atoms with Gasteiger partial charge in [-0.05, 0) is 19.4 Å². The molecular formula is C14H18N2O3S. The Morgan fingerprint density at radius 2 is 2.25 bits per heavy atom. The Balaban J connectivity index is 2.57. The zero-order valence-corrected chi connectivity index (χ0v) is 12.3. The third kappa shape index (κ3) is 5.03. The van der Waals surface area contributed by atoms with E-state index in [0.29, 0.717) is 17.0 Å². The lowest BCUT2D eigenvalue weighted by atomic mass is 10.2. The summed E-state index contributed by atoms with van der Waals surface area (Å²) in [6, 6.07) is 1.06. The second-order valence-electron chi connectivity index (χ2n) is 4.15. The topological polar surface area (TPSA) is 78.4 Å². The lowest BCUT2D eigenvalue weighted by molar-refractivity contribution is -0.122. The maximum absolute atomic E-state index is 11.9. The molecule has 6 heteroatoms. The summed E-state index contributed by atoms with van der Waals surface area (Å²) in [5, 5.41) is 15.6. The minimum absolute atomic E-state index is 0.198. The highest BCUT2D eigenvalue weighted by molar-refractivity contribution is 7.10. The third-order valence-corrected chi connectivity index (χ3v) is 3.29. The molecule has 0 bridgehead atoms. The second kappa shape index (κ2) is 8.35. The van der Waals surface area contributed by atoms with Gasteiger partial charge in [0.1, 0.15) is 12.6 Å². The first kappa shape index (κ1) is 16.2. The Labute approximate surface area is 122 Å². The van der Waals surface area contributed by atoms with E-state index in [4.69, 9.17) is 5.11 Å². The van der Waals surface area contributed by atoms with Gasteiger partial charge in [0.05, 0.1) is 10.4 Å². The number of carbonyl (C=O) groups excluding carboxylic acids is 2. The van der Waals surface area contributed by atoms with Crippen LogP contribution in [0, 0.1) is 11.8 Å². The molecular weight excluding hydrogens is 276 g/mol. The number of hydrogen-bond acceptors (Lipinski definition) is 4. The maximum atomic E-state index is 11.9. The molecule has 0 aliphatic heterocycles. The van der Waals surface area contributed by atoms with Crippen molar-refractivity contribution >= 4 is 23.2 Å². The van der Waals surface area contributed by atoms with Gasteiger partial charge in [0.2, 0.25) is 5.91 Å². The molecule has 1 aromatic rings. The molecule has 0 fully saturated rings. The summed E-state index contributed by atoms with van der Waals surface area (Å²) in [5.74, 6) is 4.75. The molecule has 3 N–H and O–H groups in total. The van der Waals surface area contributed by atoms with Gasteiger partial charge in [0, 0.05) is 11.9 Å². The molecule has 0 aliphatic carbocycles. The predicted octanol–water partition coefficient (Wildman–Crippen LogP) is 0.736. The van der Waals surface area contributed by atoms with Crippen molar-refractivity contribution in [2.75, 3.05) is 13.2 Å². The Hall–Kier alpha value is -1.84. The first-order chi connectivity index (χ1) is 9.58. The average molecular weight is 294 g/mol. The SMILES string of the molecule is CCCNC(=O)C(C)NC(=O)c1csc(C#CCO)c1. The molecule has 0 aromatic carbocycles. The number of amides is 2. The summed E-state index contributed by atoms with van der Waals surface area (Å²) in [5.41, 5.74) is 0.465. The van der Waals surface area contributed by atoms with Gasteiger partial charge in [0.15, 0.2) is 0 Å². The van der Waals surface area contributed by atoms with Crippen LogP contribution in [0.25, 0.3) is 0 Å². The number of aliphatic hydroxyl groups is 1. The molecule has 2 amide bonds. The molecule has 0 saturated carbocycles. The monoisotopic (exact) mass is 294 g/mol. The van der Waals surface area contributed by atoms with Crippen molar-refractivity contribution in [3.05, 3.63) is 21.9 Å². The van der Waals surface area contributed by atoms with Crippen LogP contribution in [-0.4, -0.2) is 36.1 Å². The fourth-order valence-corrected chi connectivity index (χ4v) is 2.15. The van der Waals surface area contributed by atoms with Crippen molar-refractivity contribution in [1.29, 1.82) is 0 Å². The van der Waals surface area contributed by atoms with Crippen molar-refractivity contribution < 1.29 is 14.7 Å². The Kier molecular flexibility index (Phi) is 6.77.